The Labute approximate surface area is 197 Å². The van der Waals surface area contributed by atoms with Crippen LogP contribution in [0.1, 0.15) is 31.0 Å². The molecule has 0 saturated carbocycles. The summed E-state index contributed by atoms with van der Waals surface area (Å²) < 4.78 is 5.78. The number of aryl methyl sites for hydroxylation is 1. The van der Waals surface area contributed by atoms with Crippen molar-refractivity contribution in [3.05, 3.63) is 101 Å². The molecule has 1 atom stereocenters. The Balaban J connectivity index is 1.44. The molecule has 1 aromatic heterocycles. The van der Waals surface area contributed by atoms with Crippen molar-refractivity contribution in [1.29, 1.82) is 0 Å². The van der Waals surface area contributed by atoms with E-state index in [9.17, 15) is 4.79 Å². The summed E-state index contributed by atoms with van der Waals surface area (Å²) in [6.45, 7) is 3.97. The number of fused-ring (bicyclic) bond motifs is 1. The van der Waals surface area contributed by atoms with Gasteiger partial charge in [0.15, 0.2) is 5.58 Å². The molecule has 3 N–H and O–H groups in total. The normalized spacial score (nSPS) is 15.6. The Morgan fingerprint density at radius 1 is 1.00 bits per heavy atom. The van der Waals surface area contributed by atoms with Gasteiger partial charge < -0.3 is 15.1 Å². The zero-order chi connectivity index (χ0) is 23.5. The van der Waals surface area contributed by atoms with Crippen LogP contribution in [0.5, 0.6) is 0 Å². The lowest BCUT2D eigenvalue weighted by Gasteiger charge is -2.26. The summed E-state index contributed by atoms with van der Waals surface area (Å²) in [6, 6.07) is 25.0. The van der Waals surface area contributed by atoms with Crippen molar-refractivity contribution in [3.8, 4) is 0 Å². The molecular formula is C27H25N5O2. The number of hydrogen-bond donors (Lipinski definition) is 3. The number of aliphatic imine (C=N–C) groups is 1. The minimum absolute atomic E-state index is 0.201. The molecule has 2 heterocycles. The molecular weight excluding hydrogens is 426 g/mol. The topological polar surface area (TPSA) is 91.6 Å². The molecule has 7 heteroatoms. The van der Waals surface area contributed by atoms with Gasteiger partial charge >= 0.3 is 6.01 Å². The second-order valence-corrected chi connectivity index (χ2v) is 8.07. The van der Waals surface area contributed by atoms with E-state index in [0.717, 1.165) is 23.2 Å². The number of benzene rings is 3. The van der Waals surface area contributed by atoms with Crippen LogP contribution in [-0.4, -0.2) is 16.9 Å². The van der Waals surface area contributed by atoms with Crippen molar-refractivity contribution in [2.24, 2.45) is 4.99 Å². The third kappa shape index (κ3) is 4.41. The Morgan fingerprint density at radius 2 is 1.74 bits per heavy atom. The number of guanidine groups is 1. The number of hydrogen-bond acceptors (Lipinski definition) is 6. The summed E-state index contributed by atoms with van der Waals surface area (Å²) in [4.78, 5) is 22.6. The number of anilines is 2. The molecule has 3 aromatic carbocycles. The quantitative estimate of drug-likeness (QED) is 0.377. The van der Waals surface area contributed by atoms with E-state index in [0.29, 0.717) is 28.8 Å². The van der Waals surface area contributed by atoms with Crippen molar-refractivity contribution < 1.29 is 9.21 Å². The number of rotatable bonds is 5. The minimum atomic E-state index is -0.496. The maximum atomic E-state index is 13.4. The standard InChI is InChI=1S/C27H25N5O2/c1-3-18-13-15-20(16-14-18)29-25(33)23-17(2)28-26(31-24(23)19-9-5-4-6-10-19)32-27-30-21-11-7-8-12-22(21)34-27/h4-16,24H,3H2,1-2H3,(H,29,33)(H2,28,30,31,32)/t24-/m0/s1. The van der Waals surface area contributed by atoms with Crippen molar-refractivity contribution >= 4 is 34.7 Å². The fourth-order valence-corrected chi connectivity index (χ4v) is 3.96. The summed E-state index contributed by atoms with van der Waals surface area (Å²) in [5, 5.41) is 9.34. The van der Waals surface area contributed by atoms with E-state index < -0.39 is 6.04 Å². The van der Waals surface area contributed by atoms with Crippen molar-refractivity contribution in [2.75, 3.05) is 10.6 Å². The van der Waals surface area contributed by atoms with Gasteiger partial charge in [-0.05, 0) is 48.7 Å². The highest BCUT2D eigenvalue weighted by molar-refractivity contribution is 6.07. The lowest BCUT2D eigenvalue weighted by atomic mass is 9.95. The third-order valence-electron chi connectivity index (χ3n) is 5.74. The number of nitrogens with zero attached hydrogens (tertiary/aromatic N) is 2. The van der Waals surface area contributed by atoms with Gasteiger partial charge in [0.2, 0.25) is 5.96 Å². The van der Waals surface area contributed by atoms with Gasteiger partial charge in [-0.2, -0.15) is 4.98 Å². The lowest BCUT2D eigenvalue weighted by molar-refractivity contribution is -0.113. The zero-order valence-corrected chi connectivity index (χ0v) is 19.0. The fourth-order valence-electron chi connectivity index (χ4n) is 3.96. The Bertz CT molecular complexity index is 1350. The maximum absolute atomic E-state index is 13.4. The van der Waals surface area contributed by atoms with E-state index in [4.69, 9.17) is 9.41 Å². The number of carbonyl (C=O) groups is 1. The SMILES string of the molecule is CCc1ccc(NC(=O)C2=C(C)NC(Nc3nc4ccccc4o3)=N[C@H]2c2ccccc2)cc1. The van der Waals surface area contributed by atoms with Crippen LogP contribution in [-0.2, 0) is 11.2 Å². The molecule has 0 spiro atoms. The Hall–Kier alpha value is -4.39. The largest absolute Gasteiger partial charge is 0.423 e. The van der Waals surface area contributed by atoms with Gasteiger partial charge in [-0.15, -0.1) is 0 Å². The van der Waals surface area contributed by atoms with Gasteiger partial charge in [-0.1, -0.05) is 61.5 Å². The Morgan fingerprint density at radius 3 is 2.47 bits per heavy atom. The van der Waals surface area contributed by atoms with Gasteiger partial charge in [-0.25, -0.2) is 4.99 Å². The molecule has 0 unspecified atom stereocenters. The molecule has 1 aliphatic rings. The summed E-state index contributed by atoms with van der Waals surface area (Å²) in [5.74, 6) is 0.259. The van der Waals surface area contributed by atoms with Crippen LogP contribution in [0.25, 0.3) is 11.1 Å². The monoisotopic (exact) mass is 451 g/mol. The molecule has 4 aromatic rings. The average molecular weight is 452 g/mol. The van der Waals surface area contributed by atoms with E-state index in [2.05, 4.69) is 27.9 Å². The van der Waals surface area contributed by atoms with Crippen LogP contribution in [0.15, 0.2) is 99.5 Å². The molecule has 0 bridgehead atoms. The number of nitrogens with one attached hydrogen (secondary N) is 3. The first-order chi connectivity index (χ1) is 16.6. The van der Waals surface area contributed by atoms with Gasteiger partial charge in [0.25, 0.3) is 5.91 Å². The highest BCUT2D eigenvalue weighted by atomic mass is 16.4. The van der Waals surface area contributed by atoms with E-state index in [1.165, 1.54) is 5.56 Å². The summed E-state index contributed by atoms with van der Waals surface area (Å²) in [5.41, 5.74) is 5.55. The molecule has 1 amide bonds. The smallest absolute Gasteiger partial charge is 0.302 e. The van der Waals surface area contributed by atoms with Crippen molar-refractivity contribution in [1.82, 2.24) is 10.3 Å². The van der Waals surface area contributed by atoms with Crippen LogP contribution in [0, 0.1) is 0 Å². The maximum Gasteiger partial charge on any atom is 0.302 e. The minimum Gasteiger partial charge on any atom is -0.423 e. The summed E-state index contributed by atoms with van der Waals surface area (Å²) >= 11 is 0. The summed E-state index contributed by atoms with van der Waals surface area (Å²) in [7, 11) is 0. The molecule has 170 valence electrons. The first-order valence-electron chi connectivity index (χ1n) is 11.2. The van der Waals surface area contributed by atoms with Gasteiger partial charge in [0, 0.05) is 11.4 Å². The van der Waals surface area contributed by atoms with E-state index in [1.807, 2.05) is 85.8 Å². The van der Waals surface area contributed by atoms with Crippen LogP contribution < -0.4 is 16.0 Å². The van der Waals surface area contributed by atoms with E-state index in [1.54, 1.807) is 0 Å². The van der Waals surface area contributed by atoms with E-state index >= 15 is 0 Å². The number of oxazole rings is 1. The van der Waals surface area contributed by atoms with Crippen LogP contribution >= 0.6 is 0 Å². The molecule has 0 fully saturated rings. The van der Waals surface area contributed by atoms with Crippen molar-refractivity contribution in [3.63, 3.8) is 0 Å². The predicted octanol–water partition coefficient (Wildman–Crippen LogP) is 5.42. The number of allylic oxidation sites excluding steroid dienone is 1. The molecule has 5 rings (SSSR count). The number of carbonyl (C=O) groups excluding carboxylic acids is 1. The first kappa shape index (κ1) is 21.5. The van der Waals surface area contributed by atoms with E-state index in [-0.39, 0.29) is 5.91 Å². The zero-order valence-electron chi connectivity index (χ0n) is 19.0. The molecule has 7 nitrogen and oxygen atoms in total. The lowest BCUT2D eigenvalue weighted by Crippen LogP contribution is -2.37. The second-order valence-electron chi connectivity index (χ2n) is 8.07. The van der Waals surface area contributed by atoms with Crippen LogP contribution in [0.2, 0.25) is 0 Å². The van der Waals surface area contributed by atoms with Gasteiger partial charge in [0.1, 0.15) is 11.6 Å². The highest BCUT2D eigenvalue weighted by Crippen LogP contribution is 2.32. The number of aromatic nitrogens is 1. The first-order valence-corrected chi connectivity index (χ1v) is 11.2. The average Bonchev–Trinajstić information content (AvgIpc) is 3.27. The Kier molecular flexibility index (Phi) is 5.82. The van der Waals surface area contributed by atoms with Crippen LogP contribution in [0.3, 0.4) is 0 Å². The number of amides is 1. The number of para-hydroxylation sites is 2. The molecule has 0 radical (unpaired) electrons. The van der Waals surface area contributed by atoms with Crippen molar-refractivity contribution in [2.45, 2.75) is 26.3 Å². The summed E-state index contributed by atoms with van der Waals surface area (Å²) in [6.07, 6.45) is 0.947. The molecule has 1 aliphatic heterocycles. The molecule has 0 aliphatic carbocycles. The third-order valence-corrected chi connectivity index (χ3v) is 5.74. The van der Waals surface area contributed by atoms with Gasteiger partial charge in [0.05, 0.1) is 5.57 Å². The predicted molar refractivity (Wildman–Crippen MR) is 135 cm³/mol. The van der Waals surface area contributed by atoms with Gasteiger partial charge in [-0.3, -0.25) is 10.1 Å². The van der Waals surface area contributed by atoms with Crippen LogP contribution in [0.4, 0.5) is 11.7 Å². The second kappa shape index (κ2) is 9.23. The fraction of sp³-hybridized carbons (Fsp3) is 0.148. The molecule has 34 heavy (non-hydrogen) atoms. The molecule has 0 saturated heterocycles. The highest BCUT2D eigenvalue weighted by Gasteiger charge is 2.29.